The predicted octanol–water partition coefficient (Wildman–Crippen LogP) is 2.37. The molecule has 1 rings (SSSR count). The fraction of sp³-hybridized carbons (Fsp3) is 1.00. The van der Waals surface area contributed by atoms with Gasteiger partial charge in [-0.05, 0) is 45.6 Å². The van der Waals surface area contributed by atoms with Crippen molar-refractivity contribution >= 4 is 9.84 Å². The largest absolute Gasteiger partial charge is 0.314 e. The summed E-state index contributed by atoms with van der Waals surface area (Å²) in [5.41, 5.74) is 0. The highest BCUT2D eigenvalue weighted by Gasteiger charge is 2.24. The maximum absolute atomic E-state index is 11.8. The van der Waals surface area contributed by atoms with Gasteiger partial charge in [-0.1, -0.05) is 19.8 Å². The van der Waals surface area contributed by atoms with Crippen molar-refractivity contribution in [3.8, 4) is 0 Å². The molecule has 4 heteroatoms. The van der Waals surface area contributed by atoms with E-state index < -0.39 is 9.84 Å². The molecule has 1 aliphatic rings. The fourth-order valence-corrected chi connectivity index (χ4v) is 3.73. The average Bonchev–Trinajstić information content (AvgIpc) is 2.27. The number of hydrogen-bond acceptors (Lipinski definition) is 3. The third-order valence-corrected chi connectivity index (χ3v) is 6.05. The lowest BCUT2D eigenvalue weighted by atomic mass is 9.84. The van der Waals surface area contributed by atoms with Crippen LogP contribution in [0.25, 0.3) is 0 Å². The molecule has 1 aliphatic carbocycles. The van der Waals surface area contributed by atoms with Crippen LogP contribution < -0.4 is 5.32 Å². The molecule has 3 nitrogen and oxygen atoms in total. The summed E-state index contributed by atoms with van der Waals surface area (Å²) in [6, 6.07) is 0.612. The molecule has 1 N–H and O–H groups in total. The normalized spacial score (nSPS) is 26.4. The minimum atomic E-state index is -2.85. The van der Waals surface area contributed by atoms with Crippen molar-refractivity contribution in [3.63, 3.8) is 0 Å². The first-order valence-electron chi connectivity index (χ1n) is 6.90. The summed E-state index contributed by atoms with van der Waals surface area (Å²) in [4.78, 5) is 0. The first-order valence-corrected chi connectivity index (χ1v) is 8.62. The Morgan fingerprint density at radius 3 is 2.59 bits per heavy atom. The Morgan fingerprint density at radius 2 is 2.00 bits per heavy atom. The summed E-state index contributed by atoms with van der Waals surface area (Å²) in [6.07, 6.45) is 5.70. The van der Waals surface area contributed by atoms with Gasteiger partial charge in [-0.3, -0.25) is 0 Å². The van der Waals surface area contributed by atoms with Gasteiger partial charge in [0.2, 0.25) is 0 Å². The molecule has 0 spiro atoms. The number of hydrogen-bond donors (Lipinski definition) is 1. The third-order valence-electron chi connectivity index (χ3n) is 3.80. The predicted molar refractivity (Wildman–Crippen MR) is 73.0 cm³/mol. The van der Waals surface area contributed by atoms with Crippen LogP contribution in [0.3, 0.4) is 0 Å². The van der Waals surface area contributed by atoms with Crippen molar-refractivity contribution in [1.82, 2.24) is 5.32 Å². The summed E-state index contributed by atoms with van der Waals surface area (Å²) in [5, 5.41) is 3.26. The average molecular weight is 261 g/mol. The maximum atomic E-state index is 11.8. The Kier molecular flexibility index (Phi) is 5.93. The second-order valence-corrected chi connectivity index (χ2v) is 8.17. The SMILES string of the molecule is CCNC1CCCC(CCS(=O)(=O)C(C)C)C1. The molecule has 0 aliphatic heterocycles. The summed E-state index contributed by atoms with van der Waals surface area (Å²) in [5.74, 6) is 0.968. The summed E-state index contributed by atoms with van der Waals surface area (Å²) >= 11 is 0. The zero-order valence-electron chi connectivity index (χ0n) is 11.4. The molecule has 1 fully saturated rings. The van der Waals surface area contributed by atoms with Crippen molar-refractivity contribution in [2.24, 2.45) is 5.92 Å². The second-order valence-electron chi connectivity index (χ2n) is 5.49. The molecule has 0 aromatic rings. The van der Waals surface area contributed by atoms with Crippen LogP contribution in [0, 0.1) is 5.92 Å². The molecule has 2 unspecified atom stereocenters. The van der Waals surface area contributed by atoms with E-state index in [0.717, 1.165) is 19.4 Å². The van der Waals surface area contributed by atoms with E-state index in [-0.39, 0.29) is 5.25 Å². The van der Waals surface area contributed by atoms with Gasteiger partial charge in [0.15, 0.2) is 9.84 Å². The van der Waals surface area contributed by atoms with Crippen molar-refractivity contribution < 1.29 is 8.42 Å². The Bertz CT molecular complexity index is 309. The van der Waals surface area contributed by atoms with E-state index in [0.29, 0.717) is 17.7 Å². The zero-order valence-corrected chi connectivity index (χ0v) is 12.2. The van der Waals surface area contributed by atoms with E-state index >= 15 is 0 Å². The van der Waals surface area contributed by atoms with E-state index in [1.807, 2.05) is 0 Å². The highest BCUT2D eigenvalue weighted by Crippen LogP contribution is 2.27. The highest BCUT2D eigenvalue weighted by atomic mass is 32.2. The molecule has 0 heterocycles. The Labute approximate surface area is 106 Å². The number of nitrogens with one attached hydrogen (secondary N) is 1. The van der Waals surface area contributed by atoms with Crippen LogP contribution in [0.4, 0.5) is 0 Å². The second kappa shape index (κ2) is 6.74. The van der Waals surface area contributed by atoms with Gasteiger partial charge in [-0.15, -0.1) is 0 Å². The fourth-order valence-electron chi connectivity index (χ4n) is 2.59. The summed E-state index contributed by atoms with van der Waals surface area (Å²) < 4.78 is 23.5. The van der Waals surface area contributed by atoms with Crippen LogP contribution in [-0.2, 0) is 9.84 Å². The van der Waals surface area contributed by atoms with Gasteiger partial charge in [0.05, 0.1) is 11.0 Å². The molecule has 0 amide bonds. The minimum absolute atomic E-state index is 0.226. The lowest BCUT2D eigenvalue weighted by Gasteiger charge is -2.29. The molecule has 1 saturated carbocycles. The maximum Gasteiger partial charge on any atom is 0.152 e. The van der Waals surface area contributed by atoms with Gasteiger partial charge in [0.25, 0.3) is 0 Å². The molecule has 102 valence electrons. The molecular weight excluding hydrogens is 234 g/mol. The lowest BCUT2D eigenvalue weighted by molar-refractivity contribution is 0.283. The molecule has 0 bridgehead atoms. The van der Waals surface area contributed by atoms with Gasteiger partial charge in [0.1, 0.15) is 0 Å². The zero-order chi connectivity index (χ0) is 12.9. The molecule has 0 aromatic carbocycles. The van der Waals surface area contributed by atoms with Gasteiger partial charge in [-0.2, -0.15) is 0 Å². The van der Waals surface area contributed by atoms with Crippen LogP contribution in [0.15, 0.2) is 0 Å². The van der Waals surface area contributed by atoms with Crippen molar-refractivity contribution in [3.05, 3.63) is 0 Å². The third kappa shape index (κ3) is 4.96. The van der Waals surface area contributed by atoms with Gasteiger partial charge in [-0.25, -0.2) is 8.42 Å². The molecule has 17 heavy (non-hydrogen) atoms. The van der Waals surface area contributed by atoms with Crippen LogP contribution in [-0.4, -0.2) is 32.0 Å². The van der Waals surface area contributed by atoms with Crippen LogP contribution in [0.2, 0.25) is 0 Å². The quantitative estimate of drug-likeness (QED) is 0.798. The number of rotatable bonds is 6. The first-order chi connectivity index (χ1) is 7.95. The molecule has 0 aromatic heterocycles. The standard InChI is InChI=1S/C13H27NO2S/c1-4-14-13-7-5-6-12(10-13)8-9-17(15,16)11(2)3/h11-14H,4-10H2,1-3H3. The highest BCUT2D eigenvalue weighted by molar-refractivity contribution is 7.91. The van der Waals surface area contributed by atoms with E-state index in [9.17, 15) is 8.42 Å². The van der Waals surface area contributed by atoms with E-state index in [2.05, 4.69) is 12.2 Å². The summed E-state index contributed by atoms with van der Waals surface area (Å²) in [7, 11) is -2.85. The smallest absolute Gasteiger partial charge is 0.152 e. The minimum Gasteiger partial charge on any atom is -0.314 e. The Hall–Kier alpha value is -0.0900. The van der Waals surface area contributed by atoms with Crippen LogP contribution >= 0.6 is 0 Å². The lowest BCUT2D eigenvalue weighted by Crippen LogP contribution is -2.34. The van der Waals surface area contributed by atoms with Crippen LogP contribution in [0.1, 0.15) is 52.9 Å². The topological polar surface area (TPSA) is 46.2 Å². The van der Waals surface area contributed by atoms with Gasteiger partial charge < -0.3 is 5.32 Å². The van der Waals surface area contributed by atoms with Crippen molar-refractivity contribution in [1.29, 1.82) is 0 Å². The van der Waals surface area contributed by atoms with Crippen molar-refractivity contribution in [2.45, 2.75) is 64.2 Å². The van der Waals surface area contributed by atoms with Gasteiger partial charge >= 0.3 is 0 Å². The Morgan fingerprint density at radius 1 is 1.29 bits per heavy atom. The molecule has 0 saturated heterocycles. The monoisotopic (exact) mass is 261 g/mol. The van der Waals surface area contributed by atoms with E-state index in [4.69, 9.17) is 0 Å². The van der Waals surface area contributed by atoms with Crippen LogP contribution in [0.5, 0.6) is 0 Å². The van der Waals surface area contributed by atoms with E-state index in [1.54, 1.807) is 13.8 Å². The molecule has 2 atom stereocenters. The first kappa shape index (κ1) is 15.0. The van der Waals surface area contributed by atoms with E-state index in [1.165, 1.54) is 19.3 Å². The molecular formula is C13H27NO2S. The van der Waals surface area contributed by atoms with Gasteiger partial charge in [0, 0.05) is 6.04 Å². The van der Waals surface area contributed by atoms with Crippen molar-refractivity contribution in [2.75, 3.05) is 12.3 Å². The Balaban J connectivity index is 2.37. The molecule has 0 radical (unpaired) electrons. The summed E-state index contributed by atoms with van der Waals surface area (Å²) in [6.45, 7) is 6.70. The number of sulfone groups is 1.